The lowest BCUT2D eigenvalue weighted by molar-refractivity contribution is 0.104. The lowest BCUT2D eigenvalue weighted by Crippen LogP contribution is -2.03. The van der Waals surface area contributed by atoms with E-state index >= 15 is 0 Å². The number of fused-ring (bicyclic) bond motifs is 1. The van der Waals surface area contributed by atoms with E-state index in [9.17, 15) is 4.79 Å². The molecule has 0 saturated heterocycles. The number of thiophene rings is 1. The van der Waals surface area contributed by atoms with E-state index in [-0.39, 0.29) is 5.78 Å². The number of ketones is 1. The summed E-state index contributed by atoms with van der Waals surface area (Å²) in [4.78, 5) is 18.9. The topological polar surface area (TPSA) is 74.4 Å². The van der Waals surface area contributed by atoms with E-state index in [2.05, 4.69) is 4.98 Å². The van der Waals surface area contributed by atoms with Crippen LogP contribution < -0.4 is 15.2 Å². The van der Waals surface area contributed by atoms with Crippen LogP contribution in [0.15, 0.2) is 18.2 Å². The summed E-state index contributed by atoms with van der Waals surface area (Å²) in [6.45, 7) is 6.00. The zero-order valence-electron chi connectivity index (χ0n) is 14.9. The van der Waals surface area contributed by atoms with Gasteiger partial charge in [-0.15, -0.1) is 11.3 Å². The normalized spacial score (nSPS) is 10.9. The first-order valence-corrected chi connectivity index (χ1v) is 8.63. The van der Waals surface area contributed by atoms with Crippen LogP contribution in [0.2, 0.25) is 0 Å². The van der Waals surface area contributed by atoms with Crippen molar-refractivity contribution in [2.75, 3.05) is 20.0 Å². The molecule has 0 aliphatic carbocycles. The summed E-state index contributed by atoms with van der Waals surface area (Å²) in [5, 5.41) is 0.872. The van der Waals surface area contributed by atoms with E-state index in [1.807, 2.05) is 20.8 Å². The minimum absolute atomic E-state index is 0.142. The SMILES string of the molecule is COc1ccc(C(=O)c2sc3nc(C)c(C)c(C)c3c2N)cc1OC. The van der Waals surface area contributed by atoms with Crippen molar-refractivity contribution < 1.29 is 14.3 Å². The standard InChI is InChI=1S/C19H20N2O3S/c1-9-10(2)15-16(20)18(25-19(15)21-11(9)3)17(22)12-6-7-13(23-4)14(8-12)24-5/h6-8H,20H2,1-5H3. The second-order valence-electron chi connectivity index (χ2n) is 5.87. The molecule has 6 heteroatoms. The molecule has 2 heterocycles. The van der Waals surface area contributed by atoms with Crippen molar-refractivity contribution in [2.24, 2.45) is 0 Å². The van der Waals surface area contributed by atoms with Crippen LogP contribution in [0.5, 0.6) is 11.5 Å². The van der Waals surface area contributed by atoms with Crippen LogP contribution in [0.4, 0.5) is 5.69 Å². The quantitative estimate of drug-likeness (QED) is 0.714. The summed E-state index contributed by atoms with van der Waals surface area (Å²) in [6, 6.07) is 5.10. The number of rotatable bonds is 4. The fourth-order valence-corrected chi connectivity index (χ4v) is 4.01. The third kappa shape index (κ3) is 2.72. The summed E-state index contributed by atoms with van der Waals surface area (Å²) < 4.78 is 10.5. The van der Waals surface area contributed by atoms with E-state index in [4.69, 9.17) is 15.2 Å². The Balaban J connectivity index is 2.15. The highest BCUT2D eigenvalue weighted by Gasteiger charge is 2.22. The number of carbonyl (C=O) groups is 1. The molecule has 2 N–H and O–H groups in total. The minimum atomic E-state index is -0.142. The largest absolute Gasteiger partial charge is 0.493 e. The van der Waals surface area contributed by atoms with Crippen LogP contribution in [0.1, 0.15) is 32.1 Å². The molecule has 25 heavy (non-hydrogen) atoms. The Hall–Kier alpha value is -2.60. The van der Waals surface area contributed by atoms with Gasteiger partial charge in [0.1, 0.15) is 9.71 Å². The maximum atomic E-state index is 13.0. The van der Waals surface area contributed by atoms with Crippen LogP contribution in [0.25, 0.3) is 10.2 Å². The molecule has 0 fully saturated rings. The lowest BCUT2D eigenvalue weighted by atomic mass is 10.0. The maximum absolute atomic E-state index is 13.0. The van der Waals surface area contributed by atoms with Gasteiger partial charge in [0, 0.05) is 16.6 Å². The van der Waals surface area contributed by atoms with Crippen LogP contribution in [-0.4, -0.2) is 25.0 Å². The number of nitrogens with two attached hydrogens (primary N) is 1. The van der Waals surface area contributed by atoms with E-state index in [1.165, 1.54) is 11.3 Å². The Morgan fingerprint density at radius 3 is 2.40 bits per heavy atom. The van der Waals surface area contributed by atoms with Gasteiger partial charge in [-0.25, -0.2) is 4.98 Å². The highest BCUT2D eigenvalue weighted by atomic mass is 32.1. The highest BCUT2D eigenvalue weighted by Crippen LogP contribution is 2.38. The summed E-state index contributed by atoms with van der Waals surface area (Å²) in [5.74, 6) is 0.942. The Labute approximate surface area is 150 Å². The third-order valence-corrected chi connectivity index (χ3v) is 5.63. The van der Waals surface area contributed by atoms with E-state index in [0.717, 1.165) is 27.0 Å². The molecule has 0 amide bonds. The Bertz CT molecular complexity index is 992. The smallest absolute Gasteiger partial charge is 0.205 e. The highest BCUT2D eigenvalue weighted by molar-refractivity contribution is 7.21. The molecule has 3 rings (SSSR count). The number of nitrogen functional groups attached to an aromatic ring is 1. The van der Waals surface area contributed by atoms with Crippen molar-refractivity contribution in [1.82, 2.24) is 4.98 Å². The third-order valence-electron chi connectivity index (χ3n) is 4.53. The molecule has 5 nitrogen and oxygen atoms in total. The van der Waals surface area contributed by atoms with Crippen LogP contribution in [0, 0.1) is 20.8 Å². The molecule has 0 radical (unpaired) electrons. The molecule has 0 atom stereocenters. The van der Waals surface area contributed by atoms with Gasteiger partial charge in [-0.1, -0.05) is 0 Å². The fraction of sp³-hybridized carbons (Fsp3) is 0.263. The lowest BCUT2D eigenvalue weighted by Gasteiger charge is -2.09. The number of aromatic nitrogens is 1. The fourth-order valence-electron chi connectivity index (χ4n) is 2.84. The van der Waals surface area contributed by atoms with Crippen LogP contribution in [-0.2, 0) is 0 Å². The molecule has 0 unspecified atom stereocenters. The Kier molecular flexibility index (Phi) is 4.39. The van der Waals surface area contributed by atoms with Gasteiger partial charge >= 0.3 is 0 Å². The predicted molar refractivity (Wildman–Crippen MR) is 101 cm³/mol. The monoisotopic (exact) mass is 356 g/mol. The molecule has 0 aliphatic rings. The molecule has 130 valence electrons. The number of methoxy groups -OCH3 is 2. The zero-order chi connectivity index (χ0) is 18.3. The number of nitrogens with zero attached hydrogens (tertiary/aromatic N) is 1. The number of pyridine rings is 1. The number of aryl methyl sites for hydroxylation is 2. The predicted octanol–water partition coefficient (Wildman–Crippen LogP) is 4.05. The van der Waals surface area contributed by atoms with Gasteiger partial charge in [0.15, 0.2) is 11.5 Å². The number of carbonyl (C=O) groups excluding carboxylic acids is 1. The number of benzene rings is 1. The maximum Gasteiger partial charge on any atom is 0.205 e. The second kappa shape index (κ2) is 6.37. The molecule has 1 aromatic carbocycles. The van der Waals surface area contributed by atoms with Gasteiger partial charge in [-0.3, -0.25) is 4.79 Å². The van der Waals surface area contributed by atoms with Gasteiger partial charge in [-0.2, -0.15) is 0 Å². The average molecular weight is 356 g/mol. The number of hydrogen-bond donors (Lipinski definition) is 1. The van der Waals surface area contributed by atoms with Crippen molar-refractivity contribution >= 4 is 33.0 Å². The van der Waals surface area contributed by atoms with E-state index in [1.54, 1.807) is 32.4 Å². The van der Waals surface area contributed by atoms with Crippen LogP contribution >= 0.6 is 11.3 Å². The van der Waals surface area contributed by atoms with E-state index < -0.39 is 0 Å². The first-order chi connectivity index (χ1) is 11.9. The summed E-state index contributed by atoms with van der Waals surface area (Å²) in [5.41, 5.74) is 10.4. The summed E-state index contributed by atoms with van der Waals surface area (Å²) >= 11 is 1.33. The molecule has 0 spiro atoms. The molecular formula is C19H20N2O3S. The average Bonchev–Trinajstić information content (AvgIpc) is 2.94. The van der Waals surface area contributed by atoms with Gasteiger partial charge in [-0.05, 0) is 50.1 Å². The van der Waals surface area contributed by atoms with Crippen molar-refractivity contribution in [3.05, 3.63) is 45.5 Å². The first-order valence-electron chi connectivity index (χ1n) is 7.81. The molecule has 0 saturated carbocycles. The van der Waals surface area contributed by atoms with Crippen LogP contribution in [0.3, 0.4) is 0 Å². The minimum Gasteiger partial charge on any atom is -0.493 e. The van der Waals surface area contributed by atoms with Crippen molar-refractivity contribution in [3.63, 3.8) is 0 Å². The Morgan fingerprint density at radius 2 is 1.76 bits per heavy atom. The molecule has 0 aliphatic heterocycles. The number of ether oxygens (including phenoxy) is 2. The molecule has 2 aromatic heterocycles. The van der Waals surface area contributed by atoms with E-state index in [0.29, 0.717) is 27.6 Å². The van der Waals surface area contributed by atoms with Crippen molar-refractivity contribution in [2.45, 2.75) is 20.8 Å². The first kappa shape index (κ1) is 17.2. The molecular weight excluding hydrogens is 336 g/mol. The van der Waals surface area contributed by atoms with Crippen molar-refractivity contribution in [3.8, 4) is 11.5 Å². The zero-order valence-corrected chi connectivity index (χ0v) is 15.7. The van der Waals surface area contributed by atoms with Crippen molar-refractivity contribution in [1.29, 1.82) is 0 Å². The second-order valence-corrected chi connectivity index (χ2v) is 6.87. The summed E-state index contributed by atoms with van der Waals surface area (Å²) in [6.07, 6.45) is 0. The summed E-state index contributed by atoms with van der Waals surface area (Å²) in [7, 11) is 3.10. The number of anilines is 1. The number of hydrogen-bond acceptors (Lipinski definition) is 6. The van der Waals surface area contributed by atoms with Gasteiger partial charge in [0.05, 0.1) is 19.9 Å². The Morgan fingerprint density at radius 1 is 1.08 bits per heavy atom. The molecule has 3 aromatic rings. The van der Waals surface area contributed by atoms with Gasteiger partial charge in [0.2, 0.25) is 5.78 Å². The van der Waals surface area contributed by atoms with Gasteiger partial charge < -0.3 is 15.2 Å². The van der Waals surface area contributed by atoms with Gasteiger partial charge in [0.25, 0.3) is 0 Å². The molecule has 0 bridgehead atoms.